The molecule has 1 fully saturated rings. The van der Waals surface area contributed by atoms with Gasteiger partial charge in [0.2, 0.25) is 0 Å². The fraction of sp³-hybridized carbons (Fsp3) is 0.500. The maximum absolute atomic E-state index is 9.19. The summed E-state index contributed by atoms with van der Waals surface area (Å²) in [7, 11) is 2.09. The van der Waals surface area contributed by atoms with Crippen molar-refractivity contribution in [3.63, 3.8) is 0 Å². The van der Waals surface area contributed by atoms with Gasteiger partial charge in [-0.25, -0.2) is 0 Å². The molecular weight excluding hydrogens is 188 g/mol. The molecule has 0 saturated carbocycles. The predicted molar refractivity (Wildman–Crippen MR) is 62.4 cm³/mol. The van der Waals surface area contributed by atoms with Gasteiger partial charge in [-0.05, 0) is 43.7 Å². The number of aromatic hydroxyl groups is 1. The largest absolute Gasteiger partial charge is 0.508 e. The second-order valence-corrected chi connectivity index (χ2v) is 4.19. The van der Waals surface area contributed by atoms with Crippen molar-refractivity contribution in [2.24, 2.45) is 0 Å². The topological polar surface area (TPSA) is 35.5 Å². The molecule has 3 heteroatoms. The van der Waals surface area contributed by atoms with Crippen molar-refractivity contribution in [1.82, 2.24) is 5.32 Å². The summed E-state index contributed by atoms with van der Waals surface area (Å²) in [4.78, 5) is 2.22. The Morgan fingerprint density at radius 1 is 1.40 bits per heavy atom. The maximum Gasteiger partial charge on any atom is 0.115 e. The molecule has 0 amide bonds. The number of nitrogens with zero attached hydrogens (tertiary/aromatic N) is 1. The van der Waals surface area contributed by atoms with Gasteiger partial charge in [0.1, 0.15) is 5.75 Å². The minimum atomic E-state index is 0.325. The molecule has 1 aromatic carbocycles. The van der Waals surface area contributed by atoms with E-state index in [1.807, 2.05) is 12.1 Å². The second kappa shape index (κ2) is 4.53. The molecule has 3 nitrogen and oxygen atoms in total. The molecule has 15 heavy (non-hydrogen) atoms. The highest BCUT2D eigenvalue weighted by Crippen LogP contribution is 2.18. The summed E-state index contributed by atoms with van der Waals surface area (Å²) >= 11 is 0. The van der Waals surface area contributed by atoms with Crippen molar-refractivity contribution in [2.75, 3.05) is 25.0 Å². The van der Waals surface area contributed by atoms with Crippen molar-refractivity contribution in [1.29, 1.82) is 0 Å². The van der Waals surface area contributed by atoms with Gasteiger partial charge >= 0.3 is 0 Å². The molecule has 1 aromatic rings. The number of rotatable bonds is 3. The molecule has 0 aromatic heterocycles. The molecule has 2 N–H and O–H groups in total. The first-order valence-corrected chi connectivity index (χ1v) is 5.49. The summed E-state index contributed by atoms with van der Waals surface area (Å²) < 4.78 is 0. The normalized spacial score (nSPS) is 20.5. The standard InChI is InChI=1S/C12H18N2O/c1-14(9-10-3-2-8-13-10)11-4-6-12(15)7-5-11/h4-7,10,13,15H,2-3,8-9H2,1H3. The molecule has 1 aliphatic rings. The molecule has 1 saturated heterocycles. The molecule has 0 spiro atoms. The number of benzene rings is 1. The summed E-state index contributed by atoms with van der Waals surface area (Å²) in [6.45, 7) is 2.18. The van der Waals surface area contributed by atoms with E-state index >= 15 is 0 Å². The zero-order valence-electron chi connectivity index (χ0n) is 9.11. The second-order valence-electron chi connectivity index (χ2n) is 4.19. The monoisotopic (exact) mass is 206 g/mol. The van der Waals surface area contributed by atoms with Gasteiger partial charge in [0.05, 0.1) is 0 Å². The smallest absolute Gasteiger partial charge is 0.115 e. The van der Waals surface area contributed by atoms with Crippen LogP contribution < -0.4 is 10.2 Å². The minimum Gasteiger partial charge on any atom is -0.508 e. The Balaban J connectivity index is 1.94. The summed E-state index contributed by atoms with van der Waals surface area (Å²) in [6, 6.07) is 7.97. The number of phenols is 1. The quantitative estimate of drug-likeness (QED) is 0.788. The number of anilines is 1. The van der Waals surface area contributed by atoms with Crippen molar-refractivity contribution in [3.8, 4) is 5.75 Å². The van der Waals surface area contributed by atoms with Crippen LogP contribution in [-0.2, 0) is 0 Å². The summed E-state index contributed by atoms with van der Waals surface area (Å²) in [6.07, 6.45) is 2.55. The van der Waals surface area contributed by atoms with Crippen LogP contribution in [0.25, 0.3) is 0 Å². The van der Waals surface area contributed by atoms with E-state index in [4.69, 9.17) is 0 Å². The fourth-order valence-electron chi connectivity index (χ4n) is 2.06. The fourth-order valence-corrected chi connectivity index (χ4v) is 2.06. The first kappa shape index (κ1) is 10.3. The van der Waals surface area contributed by atoms with Crippen LogP contribution in [0.1, 0.15) is 12.8 Å². The van der Waals surface area contributed by atoms with E-state index in [0.717, 1.165) is 18.8 Å². The Morgan fingerprint density at radius 3 is 2.73 bits per heavy atom. The summed E-state index contributed by atoms with van der Waals surface area (Å²) in [5.41, 5.74) is 1.15. The molecule has 0 bridgehead atoms. The molecular formula is C12H18N2O. The Morgan fingerprint density at radius 2 is 2.13 bits per heavy atom. The van der Waals surface area contributed by atoms with Crippen molar-refractivity contribution < 1.29 is 5.11 Å². The molecule has 2 rings (SSSR count). The molecule has 1 heterocycles. The SMILES string of the molecule is CN(CC1CCCN1)c1ccc(O)cc1. The van der Waals surface area contributed by atoms with Gasteiger partial charge in [-0.1, -0.05) is 0 Å². The van der Waals surface area contributed by atoms with Crippen LogP contribution in [0.4, 0.5) is 5.69 Å². The third-order valence-corrected chi connectivity index (χ3v) is 2.95. The third-order valence-electron chi connectivity index (χ3n) is 2.95. The van der Waals surface area contributed by atoms with Crippen LogP contribution in [0.3, 0.4) is 0 Å². The van der Waals surface area contributed by atoms with Gasteiger partial charge < -0.3 is 15.3 Å². The lowest BCUT2D eigenvalue weighted by atomic mass is 10.2. The van der Waals surface area contributed by atoms with E-state index in [-0.39, 0.29) is 0 Å². The summed E-state index contributed by atoms with van der Waals surface area (Å²) in [5, 5.41) is 12.7. The van der Waals surface area contributed by atoms with E-state index in [1.165, 1.54) is 12.8 Å². The number of phenolic OH excluding ortho intramolecular Hbond substituents is 1. The molecule has 1 unspecified atom stereocenters. The number of hydrogen-bond donors (Lipinski definition) is 2. The average molecular weight is 206 g/mol. The molecule has 82 valence electrons. The minimum absolute atomic E-state index is 0.325. The summed E-state index contributed by atoms with van der Waals surface area (Å²) in [5.74, 6) is 0.325. The van der Waals surface area contributed by atoms with Gasteiger partial charge in [-0.15, -0.1) is 0 Å². The lowest BCUT2D eigenvalue weighted by Gasteiger charge is -2.23. The van der Waals surface area contributed by atoms with Crippen molar-refractivity contribution in [2.45, 2.75) is 18.9 Å². The maximum atomic E-state index is 9.19. The predicted octanol–water partition coefficient (Wildman–Crippen LogP) is 1.58. The van der Waals surface area contributed by atoms with Crippen LogP contribution in [0.15, 0.2) is 24.3 Å². The number of nitrogens with one attached hydrogen (secondary N) is 1. The highest BCUT2D eigenvalue weighted by Gasteiger charge is 2.15. The Hall–Kier alpha value is -1.22. The van der Waals surface area contributed by atoms with E-state index in [1.54, 1.807) is 12.1 Å². The van der Waals surface area contributed by atoms with Gasteiger partial charge in [-0.2, -0.15) is 0 Å². The van der Waals surface area contributed by atoms with E-state index in [0.29, 0.717) is 11.8 Å². The Kier molecular flexibility index (Phi) is 3.11. The van der Waals surface area contributed by atoms with Gasteiger partial charge in [-0.3, -0.25) is 0 Å². The number of likely N-dealkylation sites (N-methyl/N-ethyl adjacent to an activating group) is 1. The number of hydrogen-bond acceptors (Lipinski definition) is 3. The van der Waals surface area contributed by atoms with E-state index < -0.39 is 0 Å². The van der Waals surface area contributed by atoms with Gasteiger partial charge in [0, 0.05) is 25.3 Å². The molecule has 0 radical (unpaired) electrons. The zero-order chi connectivity index (χ0) is 10.7. The van der Waals surface area contributed by atoms with Crippen molar-refractivity contribution >= 4 is 5.69 Å². The van der Waals surface area contributed by atoms with E-state index in [9.17, 15) is 5.11 Å². The van der Waals surface area contributed by atoms with Gasteiger partial charge in [0.25, 0.3) is 0 Å². The van der Waals surface area contributed by atoms with Crippen LogP contribution >= 0.6 is 0 Å². The Labute approximate surface area is 90.7 Å². The first-order valence-electron chi connectivity index (χ1n) is 5.49. The third kappa shape index (κ3) is 2.63. The highest BCUT2D eigenvalue weighted by atomic mass is 16.3. The average Bonchev–Trinajstić information content (AvgIpc) is 2.71. The van der Waals surface area contributed by atoms with Crippen LogP contribution in [0.5, 0.6) is 5.75 Å². The van der Waals surface area contributed by atoms with Gasteiger partial charge in [0.15, 0.2) is 0 Å². The molecule has 1 aliphatic heterocycles. The lowest BCUT2D eigenvalue weighted by Crippen LogP contribution is -2.35. The zero-order valence-corrected chi connectivity index (χ0v) is 9.11. The molecule has 0 aliphatic carbocycles. The van der Waals surface area contributed by atoms with Crippen LogP contribution in [0, 0.1) is 0 Å². The molecule has 1 atom stereocenters. The van der Waals surface area contributed by atoms with E-state index in [2.05, 4.69) is 17.3 Å². The first-order chi connectivity index (χ1) is 7.25. The highest BCUT2D eigenvalue weighted by molar-refractivity contribution is 5.48. The Bertz CT molecular complexity index is 304. The lowest BCUT2D eigenvalue weighted by molar-refractivity contribution is 0.475. The van der Waals surface area contributed by atoms with Crippen LogP contribution in [-0.4, -0.2) is 31.3 Å². The van der Waals surface area contributed by atoms with Crippen molar-refractivity contribution in [3.05, 3.63) is 24.3 Å². The van der Waals surface area contributed by atoms with Crippen LogP contribution in [0.2, 0.25) is 0 Å².